The Morgan fingerprint density at radius 2 is 2.30 bits per heavy atom. The molecular weight excluding hydrogens is 122 g/mol. The molecule has 1 heteroatoms. The fourth-order valence-electron chi connectivity index (χ4n) is 1.29. The lowest BCUT2D eigenvalue weighted by molar-refractivity contribution is 0.412. The topological polar surface area (TPSA) is 26.0 Å². The normalized spacial score (nSPS) is 23.3. The van der Waals surface area contributed by atoms with Crippen molar-refractivity contribution in [2.45, 2.75) is 32.2 Å². The van der Waals surface area contributed by atoms with Crippen molar-refractivity contribution in [3.05, 3.63) is 0 Å². The highest BCUT2D eigenvalue weighted by Crippen LogP contribution is 2.38. The summed E-state index contributed by atoms with van der Waals surface area (Å²) in [6.07, 6.45) is 8.61. The fraction of sp³-hybridized carbons (Fsp3) is 0.778. The minimum absolute atomic E-state index is 0.234. The molecule has 2 N–H and O–H groups in total. The predicted molar refractivity (Wildman–Crippen MR) is 43.3 cm³/mol. The molecule has 1 aliphatic carbocycles. The van der Waals surface area contributed by atoms with Gasteiger partial charge < -0.3 is 5.73 Å². The molecule has 0 heterocycles. The first-order valence-corrected chi connectivity index (χ1v) is 3.94. The molecule has 56 valence electrons. The van der Waals surface area contributed by atoms with Gasteiger partial charge >= 0.3 is 0 Å². The Morgan fingerprint density at radius 3 is 2.70 bits per heavy atom. The fourth-order valence-corrected chi connectivity index (χ4v) is 1.29. The van der Waals surface area contributed by atoms with Gasteiger partial charge in [-0.05, 0) is 24.7 Å². The standard InChI is InChI=1S/C9H15N/c1-3-4-9(10)7(2)8-5-6-8/h1,7-9H,4-6,10H2,2H3. The third-order valence-corrected chi connectivity index (χ3v) is 2.39. The summed E-state index contributed by atoms with van der Waals surface area (Å²) < 4.78 is 0. The molecule has 0 aliphatic heterocycles. The van der Waals surface area contributed by atoms with E-state index in [0.29, 0.717) is 5.92 Å². The van der Waals surface area contributed by atoms with E-state index < -0.39 is 0 Å². The molecular formula is C9H15N. The molecule has 1 aliphatic rings. The lowest BCUT2D eigenvalue weighted by Crippen LogP contribution is -2.28. The maximum absolute atomic E-state index is 5.83. The van der Waals surface area contributed by atoms with Gasteiger partial charge in [0, 0.05) is 12.5 Å². The molecule has 10 heavy (non-hydrogen) atoms. The van der Waals surface area contributed by atoms with Crippen LogP contribution < -0.4 is 5.73 Å². The molecule has 1 fully saturated rings. The van der Waals surface area contributed by atoms with Gasteiger partial charge in [0.1, 0.15) is 0 Å². The summed E-state index contributed by atoms with van der Waals surface area (Å²) in [6.45, 7) is 2.21. The molecule has 0 amide bonds. The maximum atomic E-state index is 5.83. The van der Waals surface area contributed by atoms with Crippen LogP contribution in [-0.2, 0) is 0 Å². The molecule has 2 atom stereocenters. The number of nitrogens with two attached hydrogens (primary N) is 1. The molecule has 1 nitrogen and oxygen atoms in total. The lowest BCUT2D eigenvalue weighted by Gasteiger charge is -2.16. The van der Waals surface area contributed by atoms with Crippen molar-refractivity contribution in [1.82, 2.24) is 0 Å². The van der Waals surface area contributed by atoms with Crippen LogP contribution in [0.5, 0.6) is 0 Å². The van der Waals surface area contributed by atoms with E-state index in [-0.39, 0.29) is 6.04 Å². The van der Waals surface area contributed by atoms with Crippen molar-refractivity contribution in [2.24, 2.45) is 17.6 Å². The first kappa shape index (κ1) is 7.63. The Morgan fingerprint density at radius 1 is 1.70 bits per heavy atom. The van der Waals surface area contributed by atoms with Crippen LogP contribution in [0.2, 0.25) is 0 Å². The third-order valence-electron chi connectivity index (χ3n) is 2.39. The summed E-state index contributed by atoms with van der Waals surface area (Å²) in [5.41, 5.74) is 5.83. The summed E-state index contributed by atoms with van der Waals surface area (Å²) in [5, 5.41) is 0. The quantitative estimate of drug-likeness (QED) is 0.584. The minimum Gasteiger partial charge on any atom is -0.327 e. The zero-order chi connectivity index (χ0) is 7.56. The van der Waals surface area contributed by atoms with Crippen LogP contribution in [-0.4, -0.2) is 6.04 Å². The summed E-state index contributed by atoms with van der Waals surface area (Å²) in [6, 6.07) is 0.234. The Bertz CT molecular complexity index is 141. The zero-order valence-corrected chi connectivity index (χ0v) is 6.51. The van der Waals surface area contributed by atoms with Crippen molar-refractivity contribution in [2.75, 3.05) is 0 Å². The van der Waals surface area contributed by atoms with E-state index >= 15 is 0 Å². The molecule has 0 aromatic carbocycles. The van der Waals surface area contributed by atoms with E-state index in [0.717, 1.165) is 12.3 Å². The van der Waals surface area contributed by atoms with Crippen molar-refractivity contribution < 1.29 is 0 Å². The molecule has 0 aromatic heterocycles. The average Bonchev–Trinajstić information content (AvgIpc) is 2.68. The number of terminal acetylenes is 1. The largest absolute Gasteiger partial charge is 0.327 e. The lowest BCUT2D eigenvalue weighted by atomic mass is 9.95. The highest BCUT2D eigenvalue weighted by molar-refractivity contribution is 4.93. The van der Waals surface area contributed by atoms with Crippen molar-refractivity contribution in [3.8, 4) is 12.3 Å². The van der Waals surface area contributed by atoms with E-state index in [9.17, 15) is 0 Å². The second kappa shape index (κ2) is 3.07. The minimum atomic E-state index is 0.234. The van der Waals surface area contributed by atoms with Crippen molar-refractivity contribution in [1.29, 1.82) is 0 Å². The molecule has 1 saturated carbocycles. The molecule has 0 bridgehead atoms. The first-order valence-electron chi connectivity index (χ1n) is 3.94. The Hall–Kier alpha value is -0.480. The second-order valence-corrected chi connectivity index (χ2v) is 3.27. The average molecular weight is 137 g/mol. The highest BCUT2D eigenvalue weighted by atomic mass is 14.7. The molecule has 0 radical (unpaired) electrons. The van der Waals surface area contributed by atoms with E-state index in [1.165, 1.54) is 12.8 Å². The van der Waals surface area contributed by atoms with Crippen LogP contribution in [0.3, 0.4) is 0 Å². The van der Waals surface area contributed by atoms with Gasteiger partial charge in [0.25, 0.3) is 0 Å². The van der Waals surface area contributed by atoms with Gasteiger partial charge in [-0.1, -0.05) is 6.92 Å². The number of hydrogen-bond acceptors (Lipinski definition) is 1. The molecule has 0 aromatic rings. The molecule has 1 rings (SSSR count). The van der Waals surface area contributed by atoms with Gasteiger partial charge in [-0.3, -0.25) is 0 Å². The summed E-state index contributed by atoms with van der Waals surface area (Å²) in [4.78, 5) is 0. The van der Waals surface area contributed by atoms with E-state index in [4.69, 9.17) is 12.2 Å². The van der Waals surface area contributed by atoms with Crippen molar-refractivity contribution in [3.63, 3.8) is 0 Å². The van der Waals surface area contributed by atoms with Gasteiger partial charge in [-0.2, -0.15) is 0 Å². The zero-order valence-electron chi connectivity index (χ0n) is 6.51. The molecule has 0 saturated heterocycles. The Kier molecular flexibility index (Phi) is 2.34. The first-order chi connectivity index (χ1) is 4.75. The second-order valence-electron chi connectivity index (χ2n) is 3.27. The van der Waals surface area contributed by atoms with Gasteiger partial charge in [0.05, 0.1) is 0 Å². The van der Waals surface area contributed by atoms with Gasteiger partial charge in [0.2, 0.25) is 0 Å². The summed E-state index contributed by atoms with van der Waals surface area (Å²) >= 11 is 0. The van der Waals surface area contributed by atoms with Gasteiger partial charge in [-0.25, -0.2) is 0 Å². The molecule has 0 spiro atoms. The molecule has 2 unspecified atom stereocenters. The van der Waals surface area contributed by atoms with E-state index in [1.807, 2.05) is 0 Å². The van der Waals surface area contributed by atoms with Crippen LogP contribution in [0.25, 0.3) is 0 Å². The van der Waals surface area contributed by atoms with Gasteiger partial charge in [0.15, 0.2) is 0 Å². The Balaban J connectivity index is 2.25. The highest BCUT2D eigenvalue weighted by Gasteiger charge is 2.30. The number of rotatable bonds is 3. The van der Waals surface area contributed by atoms with Crippen LogP contribution in [0.4, 0.5) is 0 Å². The Labute approximate surface area is 63.0 Å². The third kappa shape index (κ3) is 1.75. The van der Waals surface area contributed by atoms with Crippen LogP contribution in [0.15, 0.2) is 0 Å². The maximum Gasteiger partial charge on any atom is 0.0241 e. The van der Waals surface area contributed by atoms with Crippen LogP contribution in [0.1, 0.15) is 26.2 Å². The number of hydrogen-bond donors (Lipinski definition) is 1. The van der Waals surface area contributed by atoms with E-state index in [1.54, 1.807) is 0 Å². The van der Waals surface area contributed by atoms with Crippen LogP contribution in [0, 0.1) is 24.2 Å². The monoisotopic (exact) mass is 137 g/mol. The van der Waals surface area contributed by atoms with E-state index in [2.05, 4.69) is 12.8 Å². The SMILES string of the molecule is C#CCC(N)C(C)C1CC1. The predicted octanol–water partition coefficient (Wildman–Crippen LogP) is 1.38. The summed E-state index contributed by atoms with van der Waals surface area (Å²) in [5.74, 6) is 4.12. The van der Waals surface area contributed by atoms with Crippen LogP contribution >= 0.6 is 0 Å². The van der Waals surface area contributed by atoms with Gasteiger partial charge in [-0.15, -0.1) is 12.3 Å². The summed E-state index contributed by atoms with van der Waals surface area (Å²) in [7, 11) is 0. The smallest absolute Gasteiger partial charge is 0.0241 e. The van der Waals surface area contributed by atoms with Crippen molar-refractivity contribution >= 4 is 0 Å².